The van der Waals surface area contributed by atoms with E-state index in [1.807, 2.05) is 0 Å². The van der Waals surface area contributed by atoms with Gasteiger partial charge in [0, 0.05) is 17.4 Å². The maximum absolute atomic E-state index is 13.8. The molecule has 0 radical (unpaired) electrons. The van der Waals surface area contributed by atoms with Crippen molar-refractivity contribution in [2.45, 2.75) is 6.92 Å². The highest BCUT2D eigenvalue weighted by molar-refractivity contribution is 6.05. The number of rotatable bonds is 2. The maximum Gasteiger partial charge on any atom is 0.258 e. The zero-order valence-electron chi connectivity index (χ0n) is 10.5. The summed E-state index contributed by atoms with van der Waals surface area (Å²) in [5, 5.41) is 2.22. The predicted molar refractivity (Wildman–Crippen MR) is 69.9 cm³/mol. The quantitative estimate of drug-likeness (QED) is 0.830. The molecule has 0 unspecified atom stereocenters. The lowest BCUT2D eigenvalue weighted by molar-refractivity contribution is 0.102. The van der Waals surface area contributed by atoms with E-state index in [9.17, 15) is 18.0 Å². The van der Waals surface area contributed by atoms with Gasteiger partial charge in [0.05, 0.1) is 5.56 Å². The molecule has 0 aliphatic rings. The standard InChI is InChI=1S/C14H11F3N2O/c1-7-2-10(18)6-12(13(7)17)14(20)19-11-4-8(15)3-9(16)5-11/h2-6H,18H2,1H3,(H,19,20). The van der Waals surface area contributed by atoms with Gasteiger partial charge in [0.1, 0.15) is 17.5 Å². The topological polar surface area (TPSA) is 55.1 Å². The van der Waals surface area contributed by atoms with Crippen LogP contribution in [-0.4, -0.2) is 5.91 Å². The Morgan fingerprint density at radius 1 is 1.05 bits per heavy atom. The lowest BCUT2D eigenvalue weighted by Gasteiger charge is -2.09. The zero-order chi connectivity index (χ0) is 14.9. The Hall–Kier alpha value is -2.50. The molecular formula is C14H11F3N2O. The van der Waals surface area contributed by atoms with Crippen LogP contribution in [0.2, 0.25) is 0 Å². The van der Waals surface area contributed by atoms with Crippen molar-refractivity contribution in [3.63, 3.8) is 0 Å². The molecule has 104 valence electrons. The van der Waals surface area contributed by atoms with Crippen molar-refractivity contribution < 1.29 is 18.0 Å². The number of halogens is 3. The first kappa shape index (κ1) is 13.9. The number of nitrogens with one attached hydrogen (secondary N) is 1. The Labute approximate surface area is 113 Å². The van der Waals surface area contributed by atoms with Crippen LogP contribution >= 0.6 is 0 Å². The molecule has 1 amide bonds. The van der Waals surface area contributed by atoms with Crippen LogP contribution in [0.25, 0.3) is 0 Å². The summed E-state index contributed by atoms with van der Waals surface area (Å²) in [7, 11) is 0. The number of hydrogen-bond acceptors (Lipinski definition) is 2. The molecule has 20 heavy (non-hydrogen) atoms. The van der Waals surface area contributed by atoms with Gasteiger partial charge < -0.3 is 11.1 Å². The number of carbonyl (C=O) groups excluding carboxylic acids is 1. The number of benzene rings is 2. The number of aryl methyl sites for hydroxylation is 1. The fourth-order valence-electron chi connectivity index (χ4n) is 1.79. The van der Waals surface area contributed by atoms with Crippen molar-refractivity contribution in [1.82, 2.24) is 0 Å². The van der Waals surface area contributed by atoms with Crippen molar-refractivity contribution in [2.24, 2.45) is 0 Å². The van der Waals surface area contributed by atoms with E-state index in [0.29, 0.717) is 6.07 Å². The molecule has 0 aromatic heterocycles. The maximum atomic E-state index is 13.8. The van der Waals surface area contributed by atoms with Gasteiger partial charge in [-0.2, -0.15) is 0 Å². The number of nitrogen functional groups attached to an aromatic ring is 1. The average Bonchev–Trinajstić information content (AvgIpc) is 2.32. The van der Waals surface area contributed by atoms with Crippen molar-refractivity contribution >= 4 is 17.3 Å². The van der Waals surface area contributed by atoms with Crippen LogP contribution in [0.5, 0.6) is 0 Å². The lowest BCUT2D eigenvalue weighted by atomic mass is 10.1. The first-order valence-corrected chi connectivity index (χ1v) is 5.70. The van der Waals surface area contributed by atoms with E-state index in [4.69, 9.17) is 5.73 Å². The summed E-state index contributed by atoms with van der Waals surface area (Å²) < 4.78 is 39.8. The van der Waals surface area contributed by atoms with Crippen LogP contribution in [0.1, 0.15) is 15.9 Å². The number of anilines is 2. The van der Waals surface area contributed by atoms with E-state index in [1.165, 1.54) is 13.0 Å². The first-order chi connectivity index (χ1) is 9.36. The molecule has 6 heteroatoms. The van der Waals surface area contributed by atoms with Gasteiger partial charge in [-0.15, -0.1) is 0 Å². The largest absolute Gasteiger partial charge is 0.399 e. The van der Waals surface area contributed by atoms with Crippen molar-refractivity contribution in [3.8, 4) is 0 Å². The number of amides is 1. The molecule has 0 atom stereocenters. The molecule has 0 aliphatic heterocycles. The van der Waals surface area contributed by atoms with Crippen LogP contribution < -0.4 is 11.1 Å². The van der Waals surface area contributed by atoms with Gasteiger partial charge >= 0.3 is 0 Å². The third kappa shape index (κ3) is 2.90. The fourth-order valence-corrected chi connectivity index (χ4v) is 1.79. The lowest BCUT2D eigenvalue weighted by Crippen LogP contribution is -2.15. The molecular weight excluding hydrogens is 269 g/mol. The molecule has 0 spiro atoms. The third-order valence-electron chi connectivity index (χ3n) is 2.64. The summed E-state index contributed by atoms with van der Waals surface area (Å²) in [6, 6.07) is 5.07. The molecule has 3 N–H and O–H groups in total. The number of hydrogen-bond donors (Lipinski definition) is 2. The second kappa shape index (κ2) is 5.24. The summed E-state index contributed by atoms with van der Waals surface area (Å²) in [4.78, 5) is 11.9. The molecule has 2 aromatic carbocycles. The highest BCUT2D eigenvalue weighted by atomic mass is 19.1. The van der Waals surface area contributed by atoms with Gasteiger partial charge in [0.15, 0.2) is 0 Å². The second-order valence-electron chi connectivity index (χ2n) is 4.31. The summed E-state index contributed by atoms with van der Waals surface area (Å²) >= 11 is 0. The summed E-state index contributed by atoms with van der Waals surface area (Å²) in [6.45, 7) is 1.46. The molecule has 0 fully saturated rings. The zero-order valence-corrected chi connectivity index (χ0v) is 10.5. The van der Waals surface area contributed by atoms with E-state index in [2.05, 4.69) is 5.32 Å². The van der Waals surface area contributed by atoms with Gasteiger partial charge in [-0.1, -0.05) is 0 Å². The Kier molecular flexibility index (Phi) is 3.65. The van der Waals surface area contributed by atoms with E-state index < -0.39 is 23.4 Å². The summed E-state index contributed by atoms with van der Waals surface area (Å²) in [5.74, 6) is -3.24. The van der Waals surface area contributed by atoms with Crippen LogP contribution in [0.15, 0.2) is 30.3 Å². The van der Waals surface area contributed by atoms with E-state index in [1.54, 1.807) is 0 Å². The van der Waals surface area contributed by atoms with Gasteiger partial charge in [-0.05, 0) is 36.8 Å². The Bertz CT molecular complexity index is 666. The smallest absolute Gasteiger partial charge is 0.258 e. The average molecular weight is 280 g/mol. The number of carbonyl (C=O) groups is 1. The summed E-state index contributed by atoms with van der Waals surface area (Å²) in [5.41, 5.74) is 5.58. The monoisotopic (exact) mass is 280 g/mol. The third-order valence-corrected chi connectivity index (χ3v) is 2.64. The normalized spacial score (nSPS) is 10.4. The van der Waals surface area contributed by atoms with Crippen molar-refractivity contribution in [3.05, 3.63) is 58.9 Å². The molecule has 2 rings (SSSR count). The van der Waals surface area contributed by atoms with Crippen molar-refractivity contribution in [2.75, 3.05) is 11.1 Å². The highest BCUT2D eigenvalue weighted by Crippen LogP contribution is 2.19. The molecule has 0 saturated heterocycles. The Morgan fingerprint density at radius 2 is 1.65 bits per heavy atom. The van der Waals surface area contributed by atoms with Gasteiger partial charge in [0.25, 0.3) is 5.91 Å². The molecule has 2 aromatic rings. The predicted octanol–water partition coefficient (Wildman–Crippen LogP) is 3.25. The SMILES string of the molecule is Cc1cc(N)cc(C(=O)Nc2cc(F)cc(F)c2)c1F. The Balaban J connectivity index is 2.33. The molecule has 0 bridgehead atoms. The van der Waals surface area contributed by atoms with Crippen LogP contribution in [-0.2, 0) is 0 Å². The number of nitrogens with two attached hydrogens (primary N) is 1. The molecule has 3 nitrogen and oxygen atoms in total. The van der Waals surface area contributed by atoms with Gasteiger partial charge in [-0.3, -0.25) is 4.79 Å². The van der Waals surface area contributed by atoms with Gasteiger partial charge in [-0.25, -0.2) is 13.2 Å². The van der Waals surface area contributed by atoms with Crippen molar-refractivity contribution in [1.29, 1.82) is 0 Å². The Morgan fingerprint density at radius 3 is 2.25 bits per heavy atom. The minimum atomic E-state index is -0.843. The van der Waals surface area contributed by atoms with E-state index in [-0.39, 0.29) is 22.5 Å². The fraction of sp³-hybridized carbons (Fsp3) is 0.0714. The molecule has 0 saturated carbocycles. The van der Waals surface area contributed by atoms with Crippen LogP contribution in [0, 0.1) is 24.4 Å². The molecule has 0 heterocycles. The van der Waals surface area contributed by atoms with Crippen LogP contribution in [0.3, 0.4) is 0 Å². The summed E-state index contributed by atoms with van der Waals surface area (Å²) in [6.07, 6.45) is 0. The van der Waals surface area contributed by atoms with E-state index in [0.717, 1.165) is 18.2 Å². The second-order valence-corrected chi connectivity index (χ2v) is 4.31. The minimum Gasteiger partial charge on any atom is -0.399 e. The first-order valence-electron chi connectivity index (χ1n) is 5.70. The van der Waals surface area contributed by atoms with Crippen LogP contribution in [0.4, 0.5) is 24.5 Å². The molecule has 0 aliphatic carbocycles. The minimum absolute atomic E-state index is 0.105. The van der Waals surface area contributed by atoms with Gasteiger partial charge in [0.2, 0.25) is 0 Å². The van der Waals surface area contributed by atoms with E-state index >= 15 is 0 Å². The highest BCUT2D eigenvalue weighted by Gasteiger charge is 2.15.